The molecule has 0 spiro atoms. The lowest BCUT2D eigenvalue weighted by Crippen LogP contribution is -2.21. The number of para-hydroxylation sites is 2. The molecule has 0 saturated heterocycles. The highest BCUT2D eigenvalue weighted by Crippen LogP contribution is 2.24. The number of furan rings is 1. The Balaban J connectivity index is 1.63. The molecule has 1 aromatic heterocycles. The van der Waals surface area contributed by atoms with Gasteiger partial charge in [0.1, 0.15) is 11.3 Å². The maximum atomic E-state index is 12.0. The average molecular weight is 375 g/mol. The predicted molar refractivity (Wildman–Crippen MR) is 93.2 cm³/mol. The van der Waals surface area contributed by atoms with Gasteiger partial charge in [-0.2, -0.15) is 0 Å². The van der Waals surface area contributed by atoms with Crippen molar-refractivity contribution in [3.05, 3.63) is 69.4 Å². The van der Waals surface area contributed by atoms with Gasteiger partial charge in [-0.05, 0) is 30.3 Å². The zero-order valence-corrected chi connectivity index (χ0v) is 13.9. The first kappa shape index (κ1) is 17.4. The van der Waals surface area contributed by atoms with E-state index in [1.165, 1.54) is 30.3 Å². The third kappa shape index (κ3) is 3.81. The smallest absolute Gasteiger partial charge is 0.374 e. The zero-order chi connectivity index (χ0) is 18.7. The second-order valence-electron chi connectivity index (χ2n) is 5.19. The molecule has 132 valence electrons. The number of nitrogens with zero attached hydrogens (tertiary/aromatic N) is 1. The standard InChI is InChI=1S/C17H11ClN2O6/c18-11-5-6-14-10(7-11)8-15(26-14)17(22)25-9-16(21)19-12-3-1-2-4-13(12)20(23)24/h1-8H,9H2,(H,19,21). The lowest BCUT2D eigenvalue weighted by atomic mass is 10.2. The van der Waals surface area contributed by atoms with Crippen LogP contribution in [0.5, 0.6) is 0 Å². The summed E-state index contributed by atoms with van der Waals surface area (Å²) in [6, 6.07) is 11.9. The van der Waals surface area contributed by atoms with E-state index in [-0.39, 0.29) is 17.1 Å². The molecule has 0 aliphatic rings. The molecule has 1 amide bonds. The highest BCUT2D eigenvalue weighted by Gasteiger charge is 2.18. The molecule has 0 aliphatic carbocycles. The summed E-state index contributed by atoms with van der Waals surface area (Å²) in [7, 11) is 0. The second kappa shape index (κ2) is 7.24. The summed E-state index contributed by atoms with van der Waals surface area (Å²) >= 11 is 5.86. The normalized spacial score (nSPS) is 10.5. The minimum Gasteiger partial charge on any atom is -0.450 e. The number of carbonyl (C=O) groups is 2. The third-order valence-electron chi connectivity index (χ3n) is 3.39. The molecule has 2 aromatic carbocycles. The van der Waals surface area contributed by atoms with E-state index in [1.807, 2.05) is 0 Å². The Morgan fingerprint density at radius 3 is 2.73 bits per heavy atom. The van der Waals surface area contributed by atoms with Gasteiger partial charge in [-0.15, -0.1) is 0 Å². The number of esters is 1. The maximum Gasteiger partial charge on any atom is 0.374 e. The van der Waals surface area contributed by atoms with Gasteiger partial charge in [0.25, 0.3) is 11.6 Å². The van der Waals surface area contributed by atoms with E-state index in [1.54, 1.807) is 18.2 Å². The van der Waals surface area contributed by atoms with Gasteiger partial charge in [-0.3, -0.25) is 14.9 Å². The minimum absolute atomic E-state index is 0.0110. The summed E-state index contributed by atoms with van der Waals surface area (Å²) in [6.45, 7) is -0.622. The summed E-state index contributed by atoms with van der Waals surface area (Å²) in [5, 5.41) is 14.3. The number of nitro benzene ring substituents is 1. The van der Waals surface area contributed by atoms with Crippen molar-refractivity contribution in [3.8, 4) is 0 Å². The molecule has 0 radical (unpaired) electrons. The van der Waals surface area contributed by atoms with Crippen LogP contribution in [0.15, 0.2) is 52.9 Å². The highest BCUT2D eigenvalue weighted by molar-refractivity contribution is 6.31. The van der Waals surface area contributed by atoms with E-state index in [4.69, 9.17) is 20.8 Å². The molecular formula is C17H11ClN2O6. The van der Waals surface area contributed by atoms with Gasteiger partial charge in [0, 0.05) is 16.5 Å². The van der Waals surface area contributed by atoms with E-state index >= 15 is 0 Å². The minimum atomic E-state index is -0.838. The van der Waals surface area contributed by atoms with Crippen molar-refractivity contribution in [2.24, 2.45) is 0 Å². The van der Waals surface area contributed by atoms with Gasteiger partial charge in [0.2, 0.25) is 5.76 Å². The number of hydrogen-bond donors (Lipinski definition) is 1. The lowest BCUT2D eigenvalue weighted by Gasteiger charge is -2.06. The zero-order valence-electron chi connectivity index (χ0n) is 13.1. The van der Waals surface area contributed by atoms with Crippen LogP contribution in [-0.4, -0.2) is 23.4 Å². The summed E-state index contributed by atoms with van der Waals surface area (Å²) in [4.78, 5) is 34.2. The largest absolute Gasteiger partial charge is 0.450 e. The Labute approximate surface area is 151 Å². The SMILES string of the molecule is O=C(COC(=O)c1cc2cc(Cl)ccc2o1)Nc1ccccc1[N+](=O)[O-]. The van der Waals surface area contributed by atoms with E-state index in [9.17, 15) is 19.7 Å². The van der Waals surface area contributed by atoms with Gasteiger partial charge < -0.3 is 14.5 Å². The number of rotatable bonds is 5. The van der Waals surface area contributed by atoms with Crippen LogP contribution in [0.1, 0.15) is 10.6 Å². The maximum absolute atomic E-state index is 12.0. The van der Waals surface area contributed by atoms with E-state index in [2.05, 4.69) is 5.32 Å². The van der Waals surface area contributed by atoms with Crippen LogP contribution >= 0.6 is 11.6 Å². The first-order chi connectivity index (χ1) is 12.4. The fourth-order valence-electron chi connectivity index (χ4n) is 2.24. The molecule has 8 nitrogen and oxygen atoms in total. The lowest BCUT2D eigenvalue weighted by molar-refractivity contribution is -0.383. The fraction of sp³-hybridized carbons (Fsp3) is 0.0588. The second-order valence-corrected chi connectivity index (χ2v) is 5.63. The van der Waals surface area contributed by atoms with Gasteiger partial charge >= 0.3 is 5.97 Å². The Morgan fingerprint density at radius 1 is 1.19 bits per heavy atom. The first-order valence-corrected chi connectivity index (χ1v) is 7.71. The molecule has 3 aromatic rings. The van der Waals surface area contributed by atoms with Crippen LogP contribution in [0.4, 0.5) is 11.4 Å². The number of carbonyl (C=O) groups excluding carboxylic acids is 2. The van der Waals surface area contributed by atoms with Crippen molar-refractivity contribution in [2.75, 3.05) is 11.9 Å². The van der Waals surface area contributed by atoms with Gasteiger partial charge in [0.15, 0.2) is 6.61 Å². The number of amides is 1. The van der Waals surface area contributed by atoms with Crippen molar-refractivity contribution in [1.82, 2.24) is 0 Å². The predicted octanol–water partition coefficient (Wildman–Crippen LogP) is 3.79. The molecule has 0 unspecified atom stereocenters. The summed E-state index contributed by atoms with van der Waals surface area (Å²) in [6.07, 6.45) is 0. The van der Waals surface area contributed by atoms with Crippen molar-refractivity contribution in [2.45, 2.75) is 0 Å². The molecule has 0 fully saturated rings. The molecule has 1 N–H and O–H groups in total. The van der Waals surface area contributed by atoms with Gasteiger partial charge in [0.05, 0.1) is 4.92 Å². The Hall–Kier alpha value is -3.39. The molecule has 9 heteroatoms. The fourth-order valence-corrected chi connectivity index (χ4v) is 2.42. The third-order valence-corrected chi connectivity index (χ3v) is 3.62. The molecular weight excluding hydrogens is 364 g/mol. The number of halogens is 1. The Bertz CT molecular complexity index is 1010. The number of benzene rings is 2. The van der Waals surface area contributed by atoms with Crippen molar-refractivity contribution < 1.29 is 23.7 Å². The van der Waals surface area contributed by atoms with Crippen LogP contribution in [0.25, 0.3) is 11.0 Å². The first-order valence-electron chi connectivity index (χ1n) is 7.33. The van der Waals surface area contributed by atoms with Crippen LogP contribution < -0.4 is 5.32 Å². The topological polar surface area (TPSA) is 112 Å². The monoisotopic (exact) mass is 374 g/mol. The molecule has 3 rings (SSSR count). The highest BCUT2D eigenvalue weighted by atomic mass is 35.5. The molecule has 1 heterocycles. The van der Waals surface area contributed by atoms with E-state index in [0.29, 0.717) is 16.0 Å². The number of nitro groups is 1. The van der Waals surface area contributed by atoms with Crippen molar-refractivity contribution in [1.29, 1.82) is 0 Å². The number of fused-ring (bicyclic) bond motifs is 1. The van der Waals surface area contributed by atoms with Gasteiger partial charge in [-0.1, -0.05) is 23.7 Å². The summed E-state index contributed by atoms with van der Waals surface area (Å²) in [5.74, 6) is -1.64. The quantitative estimate of drug-likeness (QED) is 0.413. The molecule has 0 saturated carbocycles. The van der Waals surface area contributed by atoms with Crippen molar-refractivity contribution >= 4 is 45.8 Å². The average Bonchev–Trinajstić information content (AvgIpc) is 3.03. The number of nitrogens with one attached hydrogen (secondary N) is 1. The van der Waals surface area contributed by atoms with Crippen molar-refractivity contribution in [3.63, 3.8) is 0 Å². The van der Waals surface area contributed by atoms with Crippen LogP contribution in [0.3, 0.4) is 0 Å². The molecule has 26 heavy (non-hydrogen) atoms. The summed E-state index contributed by atoms with van der Waals surface area (Å²) < 4.78 is 10.2. The van der Waals surface area contributed by atoms with E-state index in [0.717, 1.165) is 0 Å². The molecule has 0 bridgehead atoms. The number of anilines is 1. The van der Waals surface area contributed by atoms with Crippen LogP contribution in [0, 0.1) is 10.1 Å². The van der Waals surface area contributed by atoms with Gasteiger partial charge in [-0.25, -0.2) is 4.79 Å². The van der Waals surface area contributed by atoms with E-state index < -0.39 is 23.4 Å². The number of ether oxygens (including phenoxy) is 1. The Morgan fingerprint density at radius 2 is 1.96 bits per heavy atom. The summed E-state index contributed by atoms with van der Waals surface area (Å²) in [5.41, 5.74) is 0.198. The van der Waals surface area contributed by atoms with Crippen LogP contribution in [-0.2, 0) is 9.53 Å². The molecule has 0 aliphatic heterocycles. The Kier molecular flexibility index (Phi) is 4.85. The van der Waals surface area contributed by atoms with Crippen LogP contribution in [0.2, 0.25) is 5.02 Å². The molecule has 0 atom stereocenters. The number of hydrogen-bond acceptors (Lipinski definition) is 6.